The second-order valence-corrected chi connectivity index (χ2v) is 4.94. The van der Waals surface area contributed by atoms with Crippen LogP contribution < -0.4 is 10.6 Å². The van der Waals surface area contributed by atoms with Gasteiger partial charge in [0.05, 0.1) is 17.6 Å². The fourth-order valence-electron chi connectivity index (χ4n) is 1.65. The number of hydrogen-bond donors (Lipinski definition) is 1. The van der Waals surface area contributed by atoms with E-state index in [4.69, 9.17) is 10.5 Å². The molecule has 7 nitrogen and oxygen atoms in total. The van der Waals surface area contributed by atoms with Gasteiger partial charge in [0.2, 0.25) is 0 Å². The van der Waals surface area contributed by atoms with Crippen LogP contribution in [0.4, 0.5) is 10.1 Å². The third-order valence-electron chi connectivity index (χ3n) is 2.61. The highest BCUT2D eigenvalue weighted by molar-refractivity contribution is 7.18. The molecule has 0 amide bonds. The van der Waals surface area contributed by atoms with Gasteiger partial charge in [0, 0.05) is 19.1 Å². The number of thiazole rings is 1. The number of nitrogens with zero attached hydrogens (tertiary/aromatic N) is 3. The van der Waals surface area contributed by atoms with E-state index in [1.165, 1.54) is 6.20 Å². The first-order valence-corrected chi connectivity index (χ1v) is 6.12. The summed E-state index contributed by atoms with van der Waals surface area (Å²) in [5.74, 6) is 0. The minimum atomic E-state index is -0.426. The molecule has 1 aromatic rings. The molecular weight excluding hydrogens is 244 g/mol. The fourth-order valence-corrected chi connectivity index (χ4v) is 2.42. The predicted octanol–water partition coefficient (Wildman–Crippen LogP) is 0.604. The first kappa shape index (κ1) is 12.2. The normalized spacial score (nSPS) is 22.5. The van der Waals surface area contributed by atoms with Crippen molar-refractivity contribution < 1.29 is 9.66 Å². The van der Waals surface area contributed by atoms with Crippen LogP contribution in [0.2, 0.25) is 0 Å². The Morgan fingerprint density at radius 2 is 2.59 bits per heavy atom. The Bertz CT molecular complexity index is 409. The second-order valence-electron chi connectivity index (χ2n) is 3.95. The summed E-state index contributed by atoms with van der Waals surface area (Å²) in [4.78, 5) is 16.2. The fraction of sp³-hybridized carbons (Fsp3) is 0.667. The van der Waals surface area contributed by atoms with Crippen molar-refractivity contribution in [2.45, 2.75) is 19.1 Å². The maximum atomic E-state index is 10.6. The molecule has 0 aromatic carbocycles. The molecule has 94 valence electrons. The number of nitrogens with two attached hydrogens (primary N) is 1. The summed E-state index contributed by atoms with van der Waals surface area (Å²) >= 11 is 1.08. The lowest BCUT2D eigenvalue weighted by atomic mass is 10.1. The number of rotatable bonds is 3. The summed E-state index contributed by atoms with van der Waals surface area (Å²) in [7, 11) is 0. The molecule has 2 rings (SSSR count). The first-order chi connectivity index (χ1) is 8.08. The molecular formula is C9H14N4O3S. The minimum absolute atomic E-state index is 0.0493. The Kier molecular flexibility index (Phi) is 3.55. The van der Waals surface area contributed by atoms with Gasteiger partial charge in [0.15, 0.2) is 5.13 Å². The van der Waals surface area contributed by atoms with Crippen LogP contribution in [0.5, 0.6) is 0 Å². The first-order valence-electron chi connectivity index (χ1n) is 5.30. The van der Waals surface area contributed by atoms with E-state index in [0.29, 0.717) is 24.8 Å². The molecule has 0 aliphatic carbocycles. The third-order valence-corrected chi connectivity index (χ3v) is 3.62. The van der Waals surface area contributed by atoms with Crippen molar-refractivity contribution in [3.63, 3.8) is 0 Å². The molecule has 0 saturated carbocycles. The number of ether oxygens (including phenoxy) is 1. The van der Waals surface area contributed by atoms with Crippen LogP contribution in [0, 0.1) is 10.1 Å². The van der Waals surface area contributed by atoms with E-state index in [1.807, 2.05) is 11.8 Å². The van der Waals surface area contributed by atoms with Gasteiger partial charge in [-0.1, -0.05) is 0 Å². The largest absolute Gasteiger partial charge is 0.373 e. The maximum Gasteiger partial charge on any atom is 0.345 e. The van der Waals surface area contributed by atoms with E-state index in [2.05, 4.69) is 4.98 Å². The SMILES string of the molecule is CC(N)C1CN(c2ncc([N+](=O)[O-])s2)CCO1. The smallest absolute Gasteiger partial charge is 0.345 e. The van der Waals surface area contributed by atoms with Crippen LogP contribution in [0.25, 0.3) is 0 Å². The van der Waals surface area contributed by atoms with Crippen molar-refractivity contribution in [3.05, 3.63) is 16.3 Å². The molecule has 2 atom stereocenters. The molecule has 1 aliphatic heterocycles. The lowest BCUT2D eigenvalue weighted by molar-refractivity contribution is -0.380. The lowest BCUT2D eigenvalue weighted by Gasteiger charge is -2.34. The van der Waals surface area contributed by atoms with Gasteiger partial charge >= 0.3 is 5.00 Å². The van der Waals surface area contributed by atoms with Crippen molar-refractivity contribution in [2.24, 2.45) is 5.73 Å². The van der Waals surface area contributed by atoms with E-state index in [-0.39, 0.29) is 17.1 Å². The van der Waals surface area contributed by atoms with Crippen LogP contribution >= 0.6 is 11.3 Å². The van der Waals surface area contributed by atoms with Gasteiger partial charge in [0.25, 0.3) is 0 Å². The molecule has 0 spiro atoms. The van der Waals surface area contributed by atoms with E-state index in [0.717, 1.165) is 11.3 Å². The minimum Gasteiger partial charge on any atom is -0.373 e. The monoisotopic (exact) mass is 258 g/mol. The van der Waals surface area contributed by atoms with Gasteiger partial charge in [-0.2, -0.15) is 0 Å². The predicted molar refractivity (Wildman–Crippen MR) is 64.4 cm³/mol. The van der Waals surface area contributed by atoms with Crippen LogP contribution in [-0.2, 0) is 4.74 Å². The highest BCUT2D eigenvalue weighted by atomic mass is 32.1. The van der Waals surface area contributed by atoms with Crippen LogP contribution in [0.1, 0.15) is 6.92 Å². The Labute approximate surface area is 102 Å². The average molecular weight is 258 g/mol. The molecule has 1 fully saturated rings. The molecule has 0 radical (unpaired) electrons. The van der Waals surface area contributed by atoms with Gasteiger partial charge in [0.1, 0.15) is 6.20 Å². The highest BCUT2D eigenvalue weighted by Crippen LogP contribution is 2.29. The zero-order valence-electron chi connectivity index (χ0n) is 9.41. The highest BCUT2D eigenvalue weighted by Gasteiger charge is 2.26. The van der Waals surface area contributed by atoms with Crippen LogP contribution in [-0.4, -0.2) is 41.7 Å². The van der Waals surface area contributed by atoms with Crippen molar-refractivity contribution in [1.82, 2.24) is 4.98 Å². The van der Waals surface area contributed by atoms with Crippen molar-refractivity contribution in [3.8, 4) is 0 Å². The van der Waals surface area contributed by atoms with Crippen LogP contribution in [0.3, 0.4) is 0 Å². The van der Waals surface area contributed by atoms with Crippen molar-refractivity contribution in [2.75, 3.05) is 24.6 Å². The molecule has 0 bridgehead atoms. The summed E-state index contributed by atoms with van der Waals surface area (Å²) in [6.07, 6.45) is 1.24. The molecule has 2 N–H and O–H groups in total. The van der Waals surface area contributed by atoms with Crippen molar-refractivity contribution in [1.29, 1.82) is 0 Å². The third kappa shape index (κ3) is 2.71. The Hall–Kier alpha value is -1.25. The summed E-state index contributed by atoms with van der Waals surface area (Å²) in [5.41, 5.74) is 5.78. The summed E-state index contributed by atoms with van der Waals surface area (Å²) in [6.45, 7) is 3.77. The Balaban J connectivity index is 2.08. The topological polar surface area (TPSA) is 94.5 Å². The molecule has 2 heterocycles. The van der Waals surface area contributed by atoms with E-state index in [9.17, 15) is 10.1 Å². The van der Waals surface area contributed by atoms with Gasteiger partial charge in [-0.3, -0.25) is 10.1 Å². The molecule has 8 heteroatoms. The van der Waals surface area contributed by atoms with E-state index in [1.54, 1.807) is 0 Å². The second kappa shape index (κ2) is 4.94. The quantitative estimate of drug-likeness (QED) is 0.630. The summed E-state index contributed by atoms with van der Waals surface area (Å²) in [6, 6.07) is -0.0623. The molecule has 1 aromatic heterocycles. The Morgan fingerprint density at radius 1 is 1.82 bits per heavy atom. The van der Waals surface area contributed by atoms with Gasteiger partial charge < -0.3 is 15.4 Å². The molecule has 2 unspecified atom stereocenters. The van der Waals surface area contributed by atoms with Crippen molar-refractivity contribution >= 4 is 21.5 Å². The number of hydrogen-bond acceptors (Lipinski definition) is 7. The average Bonchev–Trinajstić information content (AvgIpc) is 2.78. The van der Waals surface area contributed by atoms with Gasteiger partial charge in [-0.15, -0.1) is 0 Å². The van der Waals surface area contributed by atoms with Crippen LogP contribution in [0.15, 0.2) is 6.20 Å². The number of aromatic nitrogens is 1. The van der Waals surface area contributed by atoms with Gasteiger partial charge in [-0.05, 0) is 18.3 Å². The molecule has 1 aliphatic rings. The van der Waals surface area contributed by atoms with E-state index < -0.39 is 4.92 Å². The Morgan fingerprint density at radius 3 is 3.18 bits per heavy atom. The molecule has 1 saturated heterocycles. The number of anilines is 1. The lowest BCUT2D eigenvalue weighted by Crippen LogP contribution is -2.49. The summed E-state index contributed by atoms with van der Waals surface area (Å²) in [5, 5.41) is 11.3. The molecule has 17 heavy (non-hydrogen) atoms. The zero-order chi connectivity index (χ0) is 12.4. The number of morpholine rings is 1. The zero-order valence-corrected chi connectivity index (χ0v) is 10.2. The summed E-state index contributed by atoms with van der Waals surface area (Å²) < 4.78 is 5.52. The van der Waals surface area contributed by atoms with E-state index >= 15 is 0 Å². The number of nitro groups is 1. The standard InChI is InChI=1S/C9H14N4O3S/c1-6(10)7-5-12(2-3-16-7)9-11-4-8(17-9)13(14)15/h4,6-7H,2-3,5,10H2,1H3. The van der Waals surface area contributed by atoms with Gasteiger partial charge in [-0.25, -0.2) is 4.98 Å². The maximum absolute atomic E-state index is 10.6.